The Labute approximate surface area is 159 Å². The molecular formula is C18H22NO6S2+. The zero-order chi connectivity index (χ0) is 20.4. The lowest BCUT2D eigenvalue weighted by Crippen LogP contribution is -2.26. The highest BCUT2D eigenvalue weighted by Gasteiger charge is 2.45. The van der Waals surface area contributed by atoms with Gasteiger partial charge in [0.15, 0.2) is 5.71 Å². The summed E-state index contributed by atoms with van der Waals surface area (Å²) in [7, 11) is -7.54. The molecule has 0 radical (unpaired) electrons. The van der Waals surface area contributed by atoms with Crippen LogP contribution in [0.25, 0.3) is 10.8 Å². The van der Waals surface area contributed by atoms with E-state index in [1.54, 1.807) is 6.07 Å². The lowest BCUT2D eigenvalue weighted by atomic mass is 9.80. The Morgan fingerprint density at radius 3 is 2.26 bits per heavy atom. The molecule has 146 valence electrons. The largest absolute Gasteiger partial charge is 0.297 e. The number of nitrogens with zero attached hydrogens (tertiary/aromatic N) is 1. The summed E-state index contributed by atoms with van der Waals surface area (Å²) in [5.41, 5.74) is 2.35. The molecule has 27 heavy (non-hydrogen) atoms. The Morgan fingerprint density at radius 2 is 1.74 bits per heavy atom. The van der Waals surface area contributed by atoms with E-state index in [0.717, 1.165) is 24.1 Å². The smallest absolute Gasteiger partial charge is 0.282 e. The Hall–Kier alpha value is -1.81. The van der Waals surface area contributed by atoms with Gasteiger partial charge in [-0.3, -0.25) is 8.74 Å². The van der Waals surface area contributed by atoms with Gasteiger partial charge in [-0.1, -0.05) is 6.07 Å². The monoisotopic (exact) mass is 412 g/mol. The zero-order valence-electron chi connectivity index (χ0n) is 15.8. The summed E-state index contributed by atoms with van der Waals surface area (Å²) in [5, 5.41) is 0.806. The standard InChI is InChI=1S/C18H21NO6S2/c1-6-19-11(2)18(3,4)17-13-8-7-12(26(20,21)22)9-14(13)16(10-15(17)19)27(23,24)25-5/h7-10H,6H2,1-5H3/p+1. The van der Waals surface area contributed by atoms with Gasteiger partial charge in [0.2, 0.25) is 5.69 Å². The molecule has 9 heteroatoms. The minimum absolute atomic E-state index is 0.131. The van der Waals surface area contributed by atoms with E-state index in [9.17, 15) is 21.4 Å². The van der Waals surface area contributed by atoms with E-state index < -0.39 is 20.2 Å². The van der Waals surface area contributed by atoms with Gasteiger partial charge in [-0.2, -0.15) is 21.4 Å². The van der Waals surface area contributed by atoms with Crippen molar-refractivity contribution in [2.24, 2.45) is 0 Å². The van der Waals surface area contributed by atoms with Crippen molar-refractivity contribution in [2.75, 3.05) is 13.7 Å². The molecule has 0 fully saturated rings. The highest BCUT2D eigenvalue weighted by Crippen LogP contribution is 2.46. The van der Waals surface area contributed by atoms with Crippen LogP contribution in [0.1, 0.15) is 33.3 Å². The van der Waals surface area contributed by atoms with Crippen LogP contribution in [-0.2, 0) is 29.8 Å². The minimum atomic E-state index is -4.48. The number of hydrogen-bond donors (Lipinski definition) is 1. The summed E-state index contributed by atoms with van der Waals surface area (Å²) in [6.07, 6.45) is 0. The molecule has 1 heterocycles. The van der Waals surface area contributed by atoms with Crippen LogP contribution in [0.15, 0.2) is 34.1 Å². The molecule has 0 bridgehead atoms. The molecule has 1 aliphatic rings. The molecule has 7 nitrogen and oxygen atoms in total. The maximum atomic E-state index is 12.6. The predicted molar refractivity (Wildman–Crippen MR) is 102 cm³/mol. The lowest BCUT2D eigenvalue weighted by Gasteiger charge is -2.18. The highest BCUT2D eigenvalue weighted by molar-refractivity contribution is 7.87. The van der Waals surface area contributed by atoms with E-state index in [2.05, 4.69) is 0 Å². The van der Waals surface area contributed by atoms with Crippen molar-refractivity contribution in [2.45, 2.75) is 42.9 Å². The number of hydrogen-bond acceptors (Lipinski definition) is 5. The molecule has 1 aliphatic heterocycles. The third-order valence-corrected chi connectivity index (χ3v) is 7.54. The summed E-state index contributed by atoms with van der Waals surface area (Å²) in [6.45, 7) is 8.70. The van der Waals surface area contributed by atoms with Crippen molar-refractivity contribution in [3.63, 3.8) is 0 Å². The van der Waals surface area contributed by atoms with Crippen LogP contribution < -0.4 is 0 Å². The SMILES string of the molecule is CC[N+]1=C(C)C(C)(C)c2c1cc(S(=O)(=O)OC)c1cc(S(=O)(=O)O)ccc21. The van der Waals surface area contributed by atoms with Gasteiger partial charge in [0.1, 0.15) is 11.4 Å². The molecule has 0 unspecified atom stereocenters. The van der Waals surface area contributed by atoms with Crippen LogP contribution in [0.5, 0.6) is 0 Å². The second kappa shape index (κ2) is 6.10. The first-order valence-corrected chi connectivity index (χ1v) is 11.2. The molecule has 3 rings (SSSR count). The Balaban J connectivity index is 2.57. The molecule has 2 aromatic carbocycles. The summed E-state index contributed by atoms with van der Waals surface area (Å²) >= 11 is 0. The van der Waals surface area contributed by atoms with Gasteiger partial charge >= 0.3 is 0 Å². The van der Waals surface area contributed by atoms with Crippen molar-refractivity contribution < 1.29 is 30.1 Å². The molecular weight excluding hydrogens is 390 g/mol. The Morgan fingerprint density at radius 1 is 1.11 bits per heavy atom. The lowest BCUT2D eigenvalue weighted by molar-refractivity contribution is -0.434. The number of benzene rings is 2. The van der Waals surface area contributed by atoms with Gasteiger partial charge < -0.3 is 0 Å². The quantitative estimate of drug-likeness (QED) is 0.471. The summed E-state index contributed by atoms with van der Waals surface area (Å²) in [5.74, 6) is 0. The molecule has 2 aromatic rings. The second-order valence-electron chi connectivity index (χ2n) is 7.03. The third kappa shape index (κ3) is 2.89. The topological polar surface area (TPSA) is 101 Å². The number of rotatable bonds is 4. The van der Waals surface area contributed by atoms with Crippen molar-refractivity contribution in [3.8, 4) is 0 Å². The van der Waals surface area contributed by atoms with Gasteiger partial charge in [-0.25, -0.2) is 0 Å². The molecule has 0 spiro atoms. The van der Waals surface area contributed by atoms with Crippen molar-refractivity contribution in [3.05, 3.63) is 29.8 Å². The van der Waals surface area contributed by atoms with Crippen LogP contribution in [0.2, 0.25) is 0 Å². The van der Waals surface area contributed by atoms with E-state index in [1.165, 1.54) is 18.2 Å². The first kappa shape index (κ1) is 19.9. The van der Waals surface area contributed by atoms with Crippen molar-refractivity contribution in [1.29, 1.82) is 0 Å². The summed E-state index contributed by atoms with van der Waals surface area (Å²) < 4.78 is 64.4. The Bertz CT molecular complexity index is 1210. The first-order valence-electron chi connectivity index (χ1n) is 8.37. The molecule has 0 amide bonds. The fourth-order valence-electron chi connectivity index (χ4n) is 3.79. The van der Waals surface area contributed by atoms with E-state index in [1.807, 2.05) is 32.3 Å². The van der Waals surface area contributed by atoms with Crippen LogP contribution in [-0.4, -0.2) is 45.3 Å². The maximum absolute atomic E-state index is 12.6. The Kier molecular flexibility index (Phi) is 4.50. The van der Waals surface area contributed by atoms with Crippen molar-refractivity contribution in [1.82, 2.24) is 0 Å². The number of fused-ring (bicyclic) bond motifs is 3. The molecule has 0 saturated carbocycles. The summed E-state index contributed by atoms with van der Waals surface area (Å²) in [6, 6.07) is 5.52. The van der Waals surface area contributed by atoms with E-state index in [-0.39, 0.29) is 20.6 Å². The van der Waals surface area contributed by atoms with Crippen LogP contribution in [0, 0.1) is 0 Å². The fraction of sp³-hybridized carbons (Fsp3) is 0.389. The van der Waals surface area contributed by atoms with Gasteiger partial charge in [0, 0.05) is 23.9 Å². The second-order valence-corrected chi connectivity index (χ2v) is 10.1. The highest BCUT2D eigenvalue weighted by atomic mass is 32.2. The van der Waals surface area contributed by atoms with E-state index >= 15 is 0 Å². The van der Waals surface area contributed by atoms with E-state index in [0.29, 0.717) is 11.9 Å². The molecule has 0 aliphatic carbocycles. The minimum Gasteiger partial charge on any atom is -0.282 e. The van der Waals surface area contributed by atoms with Gasteiger partial charge in [0.05, 0.1) is 17.4 Å². The first-order chi connectivity index (χ1) is 12.4. The normalized spacial score (nSPS) is 16.8. The van der Waals surface area contributed by atoms with Gasteiger partial charge in [-0.15, -0.1) is 0 Å². The zero-order valence-corrected chi connectivity index (χ0v) is 17.4. The predicted octanol–water partition coefficient (Wildman–Crippen LogP) is 2.84. The molecule has 0 aromatic heterocycles. The van der Waals surface area contributed by atoms with E-state index in [4.69, 9.17) is 4.18 Å². The summed E-state index contributed by atoms with van der Waals surface area (Å²) in [4.78, 5) is -0.500. The van der Waals surface area contributed by atoms with Gasteiger partial charge in [0.25, 0.3) is 20.2 Å². The van der Waals surface area contributed by atoms with Crippen LogP contribution in [0.3, 0.4) is 0 Å². The van der Waals surface area contributed by atoms with Gasteiger partial charge in [-0.05, 0) is 38.3 Å². The molecule has 1 N–H and O–H groups in total. The fourth-order valence-corrected chi connectivity index (χ4v) is 5.17. The van der Waals surface area contributed by atoms with Crippen molar-refractivity contribution >= 4 is 42.4 Å². The average Bonchev–Trinajstić information content (AvgIpc) is 2.78. The molecule has 0 atom stereocenters. The van der Waals surface area contributed by atoms with Crippen LogP contribution >= 0.6 is 0 Å². The maximum Gasteiger partial charge on any atom is 0.297 e. The molecule has 0 saturated heterocycles. The average molecular weight is 413 g/mol. The third-order valence-electron chi connectivity index (χ3n) is 5.38. The van der Waals surface area contributed by atoms with Crippen LogP contribution in [0.4, 0.5) is 5.69 Å².